The number of fused-ring (bicyclic) bond motifs is 1. The van der Waals surface area contributed by atoms with Crippen LogP contribution in [0.25, 0.3) is 0 Å². The molecule has 1 heterocycles. The monoisotopic (exact) mass is 389 g/mol. The second kappa shape index (κ2) is 8.77. The number of benzene rings is 2. The van der Waals surface area contributed by atoms with Crippen molar-refractivity contribution in [2.75, 3.05) is 20.3 Å². The molecule has 0 aromatic heterocycles. The van der Waals surface area contributed by atoms with Crippen molar-refractivity contribution in [1.82, 2.24) is 5.32 Å². The zero-order chi connectivity index (χ0) is 19.2. The summed E-state index contributed by atoms with van der Waals surface area (Å²) in [7, 11) is 1.58. The average Bonchev–Trinajstić information content (AvgIpc) is 2.70. The smallest absolute Gasteiger partial charge is 0.313 e. The first-order valence-corrected chi connectivity index (χ1v) is 8.90. The number of amides is 1. The predicted molar refractivity (Wildman–Crippen MR) is 99.9 cm³/mol. The Labute approximate surface area is 162 Å². The number of carbonyl (C=O) groups excluding carboxylic acids is 2. The molecule has 0 radical (unpaired) electrons. The van der Waals surface area contributed by atoms with Crippen molar-refractivity contribution in [3.05, 3.63) is 58.6 Å². The van der Waals surface area contributed by atoms with E-state index in [1.165, 1.54) is 0 Å². The molecule has 7 heteroatoms. The minimum absolute atomic E-state index is 0.221. The van der Waals surface area contributed by atoms with Gasteiger partial charge in [-0.1, -0.05) is 23.7 Å². The maximum atomic E-state index is 12.2. The van der Waals surface area contributed by atoms with Crippen molar-refractivity contribution in [3.63, 3.8) is 0 Å². The Morgan fingerprint density at radius 3 is 2.93 bits per heavy atom. The van der Waals surface area contributed by atoms with Crippen LogP contribution >= 0.6 is 11.6 Å². The van der Waals surface area contributed by atoms with Crippen LogP contribution in [0.4, 0.5) is 0 Å². The SMILES string of the molecule is COc1cccc(CNC(=O)COC(=O)[C@H]2COc3ccc(Cl)cc3C2)c1. The summed E-state index contributed by atoms with van der Waals surface area (Å²) >= 11 is 5.98. The number of halogens is 1. The number of hydrogen-bond donors (Lipinski definition) is 1. The molecule has 0 aliphatic carbocycles. The second-order valence-electron chi connectivity index (χ2n) is 6.20. The van der Waals surface area contributed by atoms with Crippen LogP contribution in [0.3, 0.4) is 0 Å². The first kappa shape index (κ1) is 19.0. The zero-order valence-electron chi connectivity index (χ0n) is 14.9. The van der Waals surface area contributed by atoms with E-state index in [-0.39, 0.29) is 19.1 Å². The van der Waals surface area contributed by atoms with E-state index in [1.807, 2.05) is 24.3 Å². The summed E-state index contributed by atoms with van der Waals surface area (Å²) in [4.78, 5) is 24.2. The highest BCUT2D eigenvalue weighted by atomic mass is 35.5. The third kappa shape index (κ3) is 5.14. The molecular weight excluding hydrogens is 370 g/mol. The number of ether oxygens (including phenoxy) is 3. The lowest BCUT2D eigenvalue weighted by molar-refractivity contribution is -0.153. The van der Waals surface area contributed by atoms with Gasteiger partial charge in [-0.15, -0.1) is 0 Å². The Morgan fingerprint density at radius 2 is 2.11 bits per heavy atom. The Bertz CT molecular complexity index is 839. The van der Waals surface area contributed by atoms with E-state index in [4.69, 9.17) is 25.8 Å². The van der Waals surface area contributed by atoms with E-state index in [2.05, 4.69) is 5.32 Å². The standard InChI is InChI=1S/C20H20ClNO5/c1-25-17-4-2-3-13(7-17)10-22-19(23)12-27-20(24)15-8-14-9-16(21)5-6-18(14)26-11-15/h2-7,9,15H,8,10-12H2,1H3,(H,22,23)/t15-/m1/s1. The van der Waals surface area contributed by atoms with Gasteiger partial charge in [0.15, 0.2) is 6.61 Å². The Hall–Kier alpha value is -2.73. The molecule has 27 heavy (non-hydrogen) atoms. The van der Waals surface area contributed by atoms with Crippen LogP contribution in [0.1, 0.15) is 11.1 Å². The van der Waals surface area contributed by atoms with Crippen LogP contribution < -0.4 is 14.8 Å². The average molecular weight is 390 g/mol. The lowest BCUT2D eigenvalue weighted by Gasteiger charge is -2.24. The molecular formula is C20H20ClNO5. The van der Waals surface area contributed by atoms with Crippen LogP contribution in [0, 0.1) is 5.92 Å². The van der Waals surface area contributed by atoms with Crippen molar-refractivity contribution in [1.29, 1.82) is 0 Å². The molecule has 0 saturated heterocycles. The highest BCUT2D eigenvalue weighted by molar-refractivity contribution is 6.30. The first-order valence-electron chi connectivity index (χ1n) is 8.52. The maximum Gasteiger partial charge on any atom is 0.313 e. The van der Waals surface area contributed by atoms with E-state index in [0.29, 0.717) is 23.7 Å². The number of esters is 1. The first-order chi connectivity index (χ1) is 13.0. The minimum Gasteiger partial charge on any atom is -0.497 e. The van der Waals surface area contributed by atoms with E-state index in [9.17, 15) is 9.59 Å². The van der Waals surface area contributed by atoms with Crippen LogP contribution in [-0.4, -0.2) is 32.2 Å². The van der Waals surface area contributed by atoms with Crippen molar-refractivity contribution in [3.8, 4) is 11.5 Å². The topological polar surface area (TPSA) is 73.9 Å². The van der Waals surface area contributed by atoms with Gasteiger partial charge in [-0.25, -0.2) is 0 Å². The highest BCUT2D eigenvalue weighted by Gasteiger charge is 2.27. The third-order valence-corrected chi connectivity index (χ3v) is 4.47. The van der Waals surface area contributed by atoms with Gasteiger partial charge < -0.3 is 19.5 Å². The number of hydrogen-bond acceptors (Lipinski definition) is 5. The molecule has 1 amide bonds. The van der Waals surface area contributed by atoms with Crippen molar-refractivity contribution >= 4 is 23.5 Å². The number of methoxy groups -OCH3 is 1. The molecule has 0 bridgehead atoms. The van der Waals surface area contributed by atoms with Gasteiger partial charge in [0.25, 0.3) is 5.91 Å². The zero-order valence-corrected chi connectivity index (χ0v) is 15.6. The van der Waals surface area contributed by atoms with Crippen molar-refractivity contribution < 1.29 is 23.8 Å². The number of rotatable bonds is 6. The van der Waals surface area contributed by atoms with Gasteiger partial charge in [0, 0.05) is 11.6 Å². The molecule has 1 N–H and O–H groups in total. The van der Waals surface area contributed by atoms with Gasteiger partial charge in [-0.3, -0.25) is 9.59 Å². The highest BCUT2D eigenvalue weighted by Crippen LogP contribution is 2.30. The molecule has 1 aliphatic rings. The van der Waals surface area contributed by atoms with Crippen LogP contribution in [0.15, 0.2) is 42.5 Å². The van der Waals surface area contributed by atoms with Gasteiger partial charge in [0.05, 0.1) is 13.0 Å². The summed E-state index contributed by atoms with van der Waals surface area (Å²) in [6.45, 7) is 0.215. The summed E-state index contributed by atoms with van der Waals surface area (Å²) in [6, 6.07) is 12.7. The molecule has 2 aromatic carbocycles. The lowest BCUT2D eigenvalue weighted by Crippen LogP contribution is -2.33. The molecule has 2 aromatic rings. The summed E-state index contributed by atoms with van der Waals surface area (Å²) in [5.41, 5.74) is 1.75. The maximum absolute atomic E-state index is 12.2. The minimum atomic E-state index is -0.461. The van der Waals surface area contributed by atoms with Gasteiger partial charge in [-0.05, 0) is 47.9 Å². The summed E-state index contributed by atoms with van der Waals surface area (Å²) in [6.07, 6.45) is 0.472. The van der Waals surface area contributed by atoms with Crippen molar-refractivity contribution in [2.45, 2.75) is 13.0 Å². The molecule has 0 spiro atoms. The quantitative estimate of drug-likeness (QED) is 0.769. The molecule has 6 nitrogen and oxygen atoms in total. The molecule has 142 valence electrons. The van der Waals surface area contributed by atoms with Gasteiger partial charge >= 0.3 is 5.97 Å². The van der Waals surface area contributed by atoms with E-state index < -0.39 is 11.9 Å². The van der Waals surface area contributed by atoms with E-state index in [1.54, 1.807) is 25.3 Å². The third-order valence-electron chi connectivity index (χ3n) is 4.23. The van der Waals surface area contributed by atoms with Crippen molar-refractivity contribution in [2.24, 2.45) is 5.92 Å². The fourth-order valence-corrected chi connectivity index (χ4v) is 3.00. The number of carbonyl (C=O) groups is 2. The fraction of sp³-hybridized carbons (Fsp3) is 0.300. The largest absolute Gasteiger partial charge is 0.497 e. The van der Waals surface area contributed by atoms with Crippen LogP contribution in [0.2, 0.25) is 5.02 Å². The van der Waals surface area contributed by atoms with Gasteiger partial charge in [-0.2, -0.15) is 0 Å². The molecule has 0 fully saturated rings. The summed E-state index contributed by atoms with van der Waals surface area (Å²) < 4.78 is 15.8. The predicted octanol–water partition coefficient (Wildman–Crippen LogP) is 2.76. The molecule has 1 aliphatic heterocycles. The second-order valence-corrected chi connectivity index (χ2v) is 6.64. The molecule has 0 saturated carbocycles. The normalized spacial score (nSPS) is 15.3. The van der Waals surface area contributed by atoms with Crippen LogP contribution in [-0.2, 0) is 27.3 Å². The summed E-state index contributed by atoms with van der Waals surface area (Å²) in [5, 5.41) is 3.30. The van der Waals surface area contributed by atoms with E-state index in [0.717, 1.165) is 16.9 Å². The fourth-order valence-electron chi connectivity index (χ4n) is 2.80. The molecule has 3 rings (SSSR count). The summed E-state index contributed by atoms with van der Waals surface area (Å²) in [5.74, 6) is 0.149. The molecule has 1 atom stereocenters. The van der Waals surface area contributed by atoms with Gasteiger partial charge in [0.1, 0.15) is 18.1 Å². The Morgan fingerprint density at radius 1 is 1.26 bits per heavy atom. The van der Waals surface area contributed by atoms with E-state index >= 15 is 0 Å². The molecule has 0 unspecified atom stereocenters. The lowest BCUT2D eigenvalue weighted by atomic mass is 9.97. The number of nitrogens with one attached hydrogen (secondary N) is 1. The Kier molecular flexibility index (Phi) is 6.19. The van der Waals surface area contributed by atoms with Gasteiger partial charge in [0.2, 0.25) is 0 Å². The Balaban J connectivity index is 1.45. The van der Waals surface area contributed by atoms with Crippen LogP contribution in [0.5, 0.6) is 11.5 Å².